The first-order valence-corrected chi connectivity index (χ1v) is 8.53. The Balaban J connectivity index is 1.98. The normalized spacial score (nSPS) is 15.8. The van der Waals surface area contributed by atoms with Gasteiger partial charge in [-0.2, -0.15) is 0 Å². The maximum atomic E-state index is 12.2. The quantitative estimate of drug-likeness (QED) is 0.799. The molecule has 1 saturated heterocycles. The van der Waals surface area contributed by atoms with Crippen LogP contribution in [-0.2, 0) is 11.2 Å². The number of imide groups is 1. The van der Waals surface area contributed by atoms with Crippen molar-refractivity contribution in [1.29, 1.82) is 0 Å². The molecule has 2 rings (SSSR count). The number of hydrogen-bond donors (Lipinski definition) is 2. The number of carbonyl (C=O) groups is 2. The molecular formula is C18H28N3O2+. The summed E-state index contributed by atoms with van der Waals surface area (Å²) < 4.78 is 0. The second-order valence-electron chi connectivity index (χ2n) is 6.48. The molecule has 0 radical (unpaired) electrons. The van der Waals surface area contributed by atoms with E-state index in [9.17, 15) is 9.59 Å². The molecule has 126 valence electrons. The fraction of sp³-hybridized carbons (Fsp3) is 0.556. The van der Waals surface area contributed by atoms with E-state index in [4.69, 9.17) is 0 Å². The van der Waals surface area contributed by atoms with E-state index in [2.05, 4.69) is 50.4 Å². The van der Waals surface area contributed by atoms with E-state index in [1.165, 1.54) is 16.0 Å². The number of quaternary nitrogens is 1. The van der Waals surface area contributed by atoms with Crippen LogP contribution < -0.4 is 10.6 Å². The van der Waals surface area contributed by atoms with Crippen molar-refractivity contribution in [2.24, 2.45) is 5.92 Å². The molecule has 1 aliphatic heterocycles. The SMILES string of the molecule is CCCc1ccc([C@H]([NH2+]CC(=O)N2CCNC2=O)C(C)C)cc1. The van der Waals surface area contributed by atoms with Crippen LogP contribution in [0.5, 0.6) is 0 Å². The minimum atomic E-state index is -0.270. The number of urea groups is 1. The zero-order chi connectivity index (χ0) is 16.8. The summed E-state index contributed by atoms with van der Waals surface area (Å²) in [6, 6.07) is 8.64. The molecule has 1 heterocycles. The van der Waals surface area contributed by atoms with Crippen molar-refractivity contribution in [3.63, 3.8) is 0 Å². The summed E-state index contributed by atoms with van der Waals surface area (Å²) in [7, 11) is 0. The van der Waals surface area contributed by atoms with E-state index >= 15 is 0 Å². The minimum absolute atomic E-state index is 0.117. The van der Waals surface area contributed by atoms with Crippen LogP contribution in [0.2, 0.25) is 0 Å². The zero-order valence-electron chi connectivity index (χ0n) is 14.3. The molecule has 0 unspecified atom stereocenters. The molecule has 0 aliphatic carbocycles. The Morgan fingerprint density at radius 1 is 1.30 bits per heavy atom. The Bertz CT molecular complexity index is 540. The molecule has 5 heteroatoms. The van der Waals surface area contributed by atoms with Crippen molar-refractivity contribution in [1.82, 2.24) is 10.2 Å². The lowest BCUT2D eigenvalue weighted by Crippen LogP contribution is -2.88. The first kappa shape index (κ1) is 17.5. The number of hydrogen-bond acceptors (Lipinski definition) is 2. The fourth-order valence-electron chi connectivity index (χ4n) is 3.04. The van der Waals surface area contributed by atoms with E-state index < -0.39 is 0 Å². The Kier molecular flexibility index (Phi) is 6.16. The van der Waals surface area contributed by atoms with Crippen LogP contribution in [0, 0.1) is 5.92 Å². The summed E-state index contributed by atoms with van der Waals surface area (Å²) in [6.45, 7) is 7.83. The first-order chi connectivity index (χ1) is 11.0. The van der Waals surface area contributed by atoms with Crippen LogP contribution in [0.25, 0.3) is 0 Å². The van der Waals surface area contributed by atoms with Crippen LogP contribution in [0.1, 0.15) is 44.4 Å². The molecule has 5 nitrogen and oxygen atoms in total. The predicted octanol–water partition coefficient (Wildman–Crippen LogP) is 1.45. The van der Waals surface area contributed by atoms with Gasteiger partial charge >= 0.3 is 6.03 Å². The monoisotopic (exact) mass is 318 g/mol. The zero-order valence-corrected chi connectivity index (χ0v) is 14.3. The smallest absolute Gasteiger partial charge is 0.324 e. The molecule has 1 aliphatic rings. The van der Waals surface area contributed by atoms with Crippen LogP contribution in [0.4, 0.5) is 4.79 Å². The number of benzene rings is 1. The third-order valence-electron chi connectivity index (χ3n) is 4.33. The van der Waals surface area contributed by atoms with Crippen LogP contribution >= 0.6 is 0 Å². The molecule has 0 bridgehead atoms. The number of nitrogens with zero attached hydrogens (tertiary/aromatic N) is 1. The maximum Gasteiger partial charge on any atom is 0.324 e. The molecule has 0 aromatic heterocycles. The highest BCUT2D eigenvalue weighted by atomic mass is 16.2. The van der Waals surface area contributed by atoms with E-state index in [1.807, 2.05) is 5.32 Å². The van der Waals surface area contributed by atoms with Gasteiger partial charge in [-0.25, -0.2) is 4.79 Å². The predicted molar refractivity (Wildman–Crippen MR) is 89.9 cm³/mol. The highest BCUT2D eigenvalue weighted by Gasteiger charge is 2.28. The van der Waals surface area contributed by atoms with E-state index in [-0.39, 0.29) is 18.0 Å². The van der Waals surface area contributed by atoms with Crippen molar-refractivity contribution in [2.75, 3.05) is 19.6 Å². The van der Waals surface area contributed by atoms with Crippen molar-refractivity contribution in [3.05, 3.63) is 35.4 Å². The molecule has 1 aromatic rings. The third-order valence-corrected chi connectivity index (χ3v) is 4.33. The molecular weight excluding hydrogens is 290 g/mol. The standard InChI is InChI=1S/C18H27N3O2/c1-4-5-14-6-8-15(9-7-14)17(13(2)3)20-12-16(22)21-11-10-19-18(21)23/h6-9,13,17,20H,4-5,10-12H2,1-3H3,(H,19,23)/p+1/t17-/m1/s1. The van der Waals surface area contributed by atoms with Gasteiger partial charge in [-0.1, -0.05) is 51.5 Å². The lowest BCUT2D eigenvalue weighted by atomic mass is 9.94. The molecule has 3 N–H and O–H groups in total. The lowest BCUT2D eigenvalue weighted by molar-refractivity contribution is -0.692. The van der Waals surface area contributed by atoms with Gasteiger partial charge in [-0.15, -0.1) is 0 Å². The number of carbonyl (C=O) groups excluding carboxylic acids is 2. The number of nitrogens with two attached hydrogens (primary N) is 1. The second-order valence-corrected chi connectivity index (χ2v) is 6.48. The topological polar surface area (TPSA) is 66.0 Å². The summed E-state index contributed by atoms with van der Waals surface area (Å²) in [5.74, 6) is 0.292. The van der Waals surface area contributed by atoms with Gasteiger partial charge in [0.2, 0.25) is 0 Å². The number of nitrogens with one attached hydrogen (secondary N) is 1. The Morgan fingerprint density at radius 2 is 2.00 bits per heavy atom. The number of amides is 3. The summed E-state index contributed by atoms with van der Waals surface area (Å²) in [6.07, 6.45) is 2.24. The third kappa shape index (κ3) is 4.55. The van der Waals surface area contributed by atoms with E-state index in [0.29, 0.717) is 25.6 Å². The van der Waals surface area contributed by atoms with Crippen molar-refractivity contribution in [2.45, 2.75) is 39.7 Å². The molecule has 0 spiro atoms. The summed E-state index contributed by atoms with van der Waals surface area (Å²) in [5.41, 5.74) is 2.59. The molecule has 1 aromatic carbocycles. The second kappa shape index (κ2) is 8.11. The van der Waals surface area contributed by atoms with Gasteiger partial charge in [0.05, 0.1) is 0 Å². The van der Waals surface area contributed by atoms with Gasteiger partial charge < -0.3 is 10.6 Å². The van der Waals surface area contributed by atoms with E-state index in [0.717, 1.165) is 12.8 Å². The molecule has 0 saturated carbocycles. The van der Waals surface area contributed by atoms with E-state index in [1.54, 1.807) is 0 Å². The summed E-state index contributed by atoms with van der Waals surface area (Å²) in [5, 5.41) is 4.71. The number of aryl methyl sites for hydroxylation is 1. The van der Waals surface area contributed by atoms with Gasteiger partial charge in [-0.05, 0) is 12.0 Å². The van der Waals surface area contributed by atoms with Crippen LogP contribution in [0.15, 0.2) is 24.3 Å². The van der Waals surface area contributed by atoms with Crippen LogP contribution in [-0.4, -0.2) is 36.5 Å². The average molecular weight is 318 g/mol. The Labute approximate surface area is 138 Å². The van der Waals surface area contributed by atoms with Gasteiger partial charge in [0, 0.05) is 24.6 Å². The van der Waals surface area contributed by atoms with Gasteiger partial charge in [-0.3, -0.25) is 9.69 Å². The minimum Gasteiger partial charge on any atom is -0.336 e. The molecule has 1 atom stereocenters. The van der Waals surface area contributed by atoms with Gasteiger partial charge in [0.25, 0.3) is 5.91 Å². The molecule has 1 fully saturated rings. The Morgan fingerprint density at radius 3 is 2.52 bits per heavy atom. The average Bonchev–Trinajstić information content (AvgIpc) is 2.95. The lowest BCUT2D eigenvalue weighted by Gasteiger charge is -2.21. The van der Waals surface area contributed by atoms with Gasteiger partial charge in [0.1, 0.15) is 6.04 Å². The van der Waals surface area contributed by atoms with Crippen LogP contribution in [0.3, 0.4) is 0 Å². The van der Waals surface area contributed by atoms with Gasteiger partial charge in [0.15, 0.2) is 6.54 Å². The highest BCUT2D eigenvalue weighted by molar-refractivity contribution is 5.96. The number of rotatable bonds is 7. The van der Waals surface area contributed by atoms with Crippen molar-refractivity contribution in [3.8, 4) is 0 Å². The van der Waals surface area contributed by atoms with Crippen molar-refractivity contribution < 1.29 is 14.9 Å². The summed E-state index contributed by atoms with van der Waals surface area (Å²) >= 11 is 0. The van der Waals surface area contributed by atoms with Crippen molar-refractivity contribution >= 4 is 11.9 Å². The largest absolute Gasteiger partial charge is 0.336 e. The highest BCUT2D eigenvalue weighted by Crippen LogP contribution is 2.18. The fourth-order valence-corrected chi connectivity index (χ4v) is 3.04. The first-order valence-electron chi connectivity index (χ1n) is 8.53. The Hall–Kier alpha value is -1.88. The molecule has 3 amide bonds. The summed E-state index contributed by atoms with van der Waals surface area (Å²) in [4.78, 5) is 25.0. The maximum absolute atomic E-state index is 12.2. The molecule has 23 heavy (non-hydrogen) atoms.